The van der Waals surface area contributed by atoms with E-state index in [2.05, 4.69) is 5.32 Å². The number of methoxy groups -OCH3 is 1. The Morgan fingerprint density at radius 2 is 1.59 bits per heavy atom. The summed E-state index contributed by atoms with van der Waals surface area (Å²) in [5.74, 6) is -1.86. The van der Waals surface area contributed by atoms with Crippen molar-refractivity contribution in [2.24, 2.45) is 0 Å². The standard InChI is InChI=1S/C21H25NO8S2/c1-5-29-20(24)17-13(3)18(21(25)30-6-2)31-19(17)22-16(23)11-12-32(26,27)15-9-7-14(28-4)8-10-15/h7-10H,5-6,11-12H2,1-4H3,(H,22,23). The topological polar surface area (TPSA) is 125 Å². The molecule has 1 aromatic heterocycles. The van der Waals surface area contributed by atoms with E-state index in [1.165, 1.54) is 31.4 Å². The lowest BCUT2D eigenvalue weighted by molar-refractivity contribution is -0.115. The average Bonchev–Trinajstić information content (AvgIpc) is 3.08. The lowest BCUT2D eigenvalue weighted by Crippen LogP contribution is -2.18. The van der Waals surface area contributed by atoms with Crippen LogP contribution in [-0.2, 0) is 24.1 Å². The van der Waals surface area contributed by atoms with Crippen LogP contribution >= 0.6 is 11.3 Å². The third-order valence-electron chi connectivity index (χ3n) is 4.36. The molecule has 0 saturated carbocycles. The van der Waals surface area contributed by atoms with Gasteiger partial charge in [-0.1, -0.05) is 0 Å². The number of nitrogens with one attached hydrogen (secondary N) is 1. The Balaban J connectivity index is 2.19. The van der Waals surface area contributed by atoms with Crippen molar-refractivity contribution in [1.29, 1.82) is 0 Å². The van der Waals surface area contributed by atoms with E-state index in [9.17, 15) is 22.8 Å². The number of amides is 1. The van der Waals surface area contributed by atoms with Crippen LogP contribution in [0.2, 0.25) is 0 Å². The van der Waals surface area contributed by atoms with E-state index in [0.717, 1.165) is 11.3 Å². The number of anilines is 1. The van der Waals surface area contributed by atoms with Crippen molar-refractivity contribution in [1.82, 2.24) is 0 Å². The Labute approximate surface area is 190 Å². The predicted octanol–water partition coefficient (Wildman–Crippen LogP) is 3.22. The molecule has 174 valence electrons. The summed E-state index contributed by atoms with van der Waals surface area (Å²) in [5, 5.41) is 2.64. The maximum atomic E-state index is 12.5. The van der Waals surface area contributed by atoms with Crippen molar-refractivity contribution in [3.63, 3.8) is 0 Å². The molecule has 0 aliphatic rings. The van der Waals surface area contributed by atoms with Crippen LogP contribution in [0.5, 0.6) is 5.75 Å². The van der Waals surface area contributed by atoms with Crippen LogP contribution in [0, 0.1) is 6.92 Å². The smallest absolute Gasteiger partial charge is 0.348 e. The fraction of sp³-hybridized carbons (Fsp3) is 0.381. The molecule has 0 fully saturated rings. The zero-order chi connectivity index (χ0) is 23.9. The van der Waals surface area contributed by atoms with Crippen molar-refractivity contribution in [3.05, 3.63) is 40.3 Å². The summed E-state index contributed by atoms with van der Waals surface area (Å²) in [5.41, 5.74) is 0.374. The quantitative estimate of drug-likeness (QED) is 0.511. The summed E-state index contributed by atoms with van der Waals surface area (Å²) < 4.78 is 40.1. The Kier molecular flexibility index (Phi) is 8.79. The normalized spacial score (nSPS) is 11.0. The molecule has 0 unspecified atom stereocenters. The molecule has 2 aromatic rings. The van der Waals surface area contributed by atoms with Gasteiger partial charge in [0.15, 0.2) is 9.84 Å². The van der Waals surface area contributed by atoms with Gasteiger partial charge in [-0.3, -0.25) is 4.79 Å². The van der Waals surface area contributed by atoms with Gasteiger partial charge in [-0.2, -0.15) is 0 Å². The third-order valence-corrected chi connectivity index (χ3v) is 7.28. The van der Waals surface area contributed by atoms with Gasteiger partial charge in [0.1, 0.15) is 15.6 Å². The van der Waals surface area contributed by atoms with E-state index in [0.29, 0.717) is 11.3 Å². The van der Waals surface area contributed by atoms with Gasteiger partial charge in [0.2, 0.25) is 5.91 Å². The van der Waals surface area contributed by atoms with Crippen LogP contribution in [0.4, 0.5) is 5.00 Å². The second kappa shape index (κ2) is 11.1. The van der Waals surface area contributed by atoms with Crippen LogP contribution in [0.1, 0.15) is 45.9 Å². The largest absolute Gasteiger partial charge is 0.497 e. The molecule has 2 rings (SSSR count). The van der Waals surface area contributed by atoms with Crippen molar-refractivity contribution in [3.8, 4) is 5.75 Å². The Morgan fingerprint density at radius 3 is 2.16 bits per heavy atom. The van der Waals surface area contributed by atoms with Gasteiger partial charge >= 0.3 is 11.9 Å². The lowest BCUT2D eigenvalue weighted by atomic mass is 10.1. The first-order chi connectivity index (χ1) is 15.1. The summed E-state index contributed by atoms with van der Waals surface area (Å²) in [7, 11) is -2.24. The highest BCUT2D eigenvalue weighted by molar-refractivity contribution is 7.91. The number of benzene rings is 1. The van der Waals surface area contributed by atoms with Gasteiger partial charge in [0, 0.05) is 6.42 Å². The molecule has 0 spiro atoms. The molecule has 0 aliphatic carbocycles. The summed E-state index contributed by atoms with van der Waals surface area (Å²) in [6.45, 7) is 5.10. The van der Waals surface area contributed by atoms with Gasteiger partial charge in [-0.05, 0) is 50.6 Å². The van der Waals surface area contributed by atoms with Gasteiger partial charge < -0.3 is 19.5 Å². The molecule has 0 atom stereocenters. The number of hydrogen-bond acceptors (Lipinski definition) is 9. The Morgan fingerprint density at radius 1 is 1.00 bits per heavy atom. The molecule has 1 N–H and O–H groups in total. The minimum Gasteiger partial charge on any atom is -0.497 e. The number of carbonyl (C=O) groups is 3. The molecule has 1 heterocycles. The molecule has 1 amide bonds. The fourth-order valence-corrected chi connectivity index (χ4v) is 5.10. The number of carbonyl (C=O) groups excluding carboxylic acids is 3. The molecule has 9 nitrogen and oxygen atoms in total. The minimum atomic E-state index is -3.71. The number of rotatable bonds is 10. The summed E-state index contributed by atoms with van der Waals surface area (Å²) in [6.07, 6.45) is -0.345. The second-order valence-electron chi connectivity index (χ2n) is 6.49. The van der Waals surface area contributed by atoms with Crippen LogP contribution in [0.15, 0.2) is 29.2 Å². The SMILES string of the molecule is CCOC(=O)c1sc(NC(=O)CCS(=O)(=O)c2ccc(OC)cc2)c(C(=O)OCC)c1C. The monoisotopic (exact) mass is 483 g/mol. The molecular weight excluding hydrogens is 458 g/mol. The maximum absolute atomic E-state index is 12.5. The first-order valence-electron chi connectivity index (χ1n) is 9.78. The van der Waals surface area contributed by atoms with Gasteiger partial charge in [0.25, 0.3) is 0 Å². The molecule has 0 aliphatic heterocycles. The molecular formula is C21H25NO8S2. The zero-order valence-corrected chi connectivity index (χ0v) is 19.9. The maximum Gasteiger partial charge on any atom is 0.348 e. The van der Waals surface area contributed by atoms with Gasteiger partial charge in [-0.25, -0.2) is 18.0 Å². The molecule has 11 heteroatoms. The number of sulfone groups is 1. The lowest BCUT2D eigenvalue weighted by Gasteiger charge is -2.08. The van der Waals surface area contributed by atoms with E-state index in [1.807, 2.05) is 0 Å². The summed E-state index contributed by atoms with van der Waals surface area (Å²) in [4.78, 5) is 37.3. The second-order valence-corrected chi connectivity index (χ2v) is 9.62. The molecule has 0 radical (unpaired) electrons. The van der Waals surface area contributed by atoms with Crippen LogP contribution in [-0.4, -0.2) is 52.3 Å². The van der Waals surface area contributed by atoms with Crippen molar-refractivity contribution >= 4 is 44.0 Å². The summed E-state index contributed by atoms with van der Waals surface area (Å²) in [6, 6.07) is 5.84. The van der Waals surface area contributed by atoms with E-state index in [4.69, 9.17) is 14.2 Å². The average molecular weight is 484 g/mol. The highest BCUT2D eigenvalue weighted by Gasteiger charge is 2.27. The first-order valence-corrected chi connectivity index (χ1v) is 12.3. The highest BCUT2D eigenvalue weighted by atomic mass is 32.2. The van der Waals surface area contributed by atoms with Crippen LogP contribution in [0.3, 0.4) is 0 Å². The van der Waals surface area contributed by atoms with E-state index in [1.54, 1.807) is 20.8 Å². The Bertz CT molecular complexity index is 1090. The number of ether oxygens (including phenoxy) is 3. The van der Waals surface area contributed by atoms with Crippen molar-refractivity contribution in [2.45, 2.75) is 32.1 Å². The molecule has 1 aromatic carbocycles. The van der Waals surface area contributed by atoms with E-state index >= 15 is 0 Å². The Hall–Kier alpha value is -2.92. The molecule has 32 heavy (non-hydrogen) atoms. The molecule has 0 saturated heterocycles. The number of hydrogen-bond donors (Lipinski definition) is 1. The number of thiophene rings is 1. The highest BCUT2D eigenvalue weighted by Crippen LogP contribution is 2.34. The van der Waals surface area contributed by atoms with Crippen molar-refractivity contribution in [2.75, 3.05) is 31.4 Å². The fourth-order valence-electron chi connectivity index (χ4n) is 2.76. The van der Waals surface area contributed by atoms with E-state index in [-0.39, 0.29) is 40.0 Å². The summed E-state index contributed by atoms with van der Waals surface area (Å²) >= 11 is 0.880. The zero-order valence-electron chi connectivity index (χ0n) is 18.2. The third kappa shape index (κ3) is 6.07. The van der Waals surface area contributed by atoms with Crippen LogP contribution < -0.4 is 10.1 Å². The van der Waals surface area contributed by atoms with Crippen LogP contribution in [0.25, 0.3) is 0 Å². The van der Waals surface area contributed by atoms with Crippen molar-refractivity contribution < 1.29 is 37.0 Å². The minimum absolute atomic E-state index is 0.0475. The van der Waals surface area contributed by atoms with Gasteiger partial charge in [0.05, 0.1) is 36.5 Å². The van der Waals surface area contributed by atoms with Gasteiger partial charge in [-0.15, -0.1) is 11.3 Å². The number of esters is 2. The predicted molar refractivity (Wildman–Crippen MR) is 119 cm³/mol. The molecule has 0 bridgehead atoms. The van der Waals surface area contributed by atoms with E-state index < -0.39 is 33.4 Å². The first kappa shape index (κ1) is 25.3.